The number of carbonyl (C=O) groups excluding carboxylic acids is 3. The number of rotatable bonds is 27. The third-order valence-electron chi connectivity index (χ3n) is 8.34. The molecule has 1 fully saturated rings. The maximum absolute atomic E-state index is 14.1. The fraction of sp³-hybridized carbons (Fsp3) is 0.675. The SMILES string of the molecule is CCCCC/C=C\C/C=C\CCCCCCCCOC(=O)[C@H](C)NP(=O)(OCC1OCC(OC(=O)C(C)C)C1OC(=O)C(C)C)Oc1ccccc1. The molecule has 0 spiro atoms. The van der Waals surface area contributed by atoms with Crippen molar-refractivity contribution in [2.45, 2.75) is 143 Å². The molecule has 1 aliphatic heterocycles. The Hall–Kier alpha value is -2.98. The highest BCUT2D eigenvalue weighted by molar-refractivity contribution is 7.52. The molecule has 0 amide bonds. The van der Waals surface area contributed by atoms with E-state index in [1.54, 1.807) is 58.0 Å². The van der Waals surface area contributed by atoms with E-state index in [4.69, 9.17) is 28.0 Å². The van der Waals surface area contributed by atoms with Gasteiger partial charge in [0.05, 0.1) is 31.7 Å². The fourth-order valence-corrected chi connectivity index (χ4v) is 6.66. The summed E-state index contributed by atoms with van der Waals surface area (Å²) < 4.78 is 48.1. The number of nitrogens with one attached hydrogen (secondary N) is 1. The van der Waals surface area contributed by atoms with E-state index in [9.17, 15) is 18.9 Å². The van der Waals surface area contributed by atoms with Gasteiger partial charge in [0, 0.05) is 0 Å². The van der Waals surface area contributed by atoms with E-state index in [2.05, 4.69) is 36.3 Å². The smallest absolute Gasteiger partial charge is 0.459 e. The number of para-hydroxylation sites is 1. The van der Waals surface area contributed by atoms with Gasteiger partial charge in [0.1, 0.15) is 17.9 Å². The van der Waals surface area contributed by atoms with Crippen molar-refractivity contribution in [2.24, 2.45) is 11.8 Å². The predicted molar refractivity (Wildman–Crippen MR) is 203 cm³/mol. The summed E-state index contributed by atoms with van der Waals surface area (Å²) in [6, 6.07) is 7.37. The molecule has 0 aliphatic carbocycles. The van der Waals surface area contributed by atoms with Crippen molar-refractivity contribution < 1.29 is 46.9 Å². The fourth-order valence-electron chi connectivity index (χ4n) is 5.16. The summed E-state index contributed by atoms with van der Waals surface area (Å²) in [6.45, 7) is 10.4. The molecule has 4 unspecified atom stereocenters. The molecule has 2 rings (SSSR count). The molecule has 1 N–H and O–H groups in total. The molecular formula is C40H64NO10P. The van der Waals surface area contributed by atoms with Gasteiger partial charge in [-0.25, -0.2) is 4.57 Å². The number of ether oxygens (including phenoxy) is 4. The van der Waals surface area contributed by atoms with Crippen LogP contribution in [-0.4, -0.2) is 62.1 Å². The Kier molecular flexibility index (Phi) is 22.5. The Labute approximate surface area is 312 Å². The molecule has 12 heteroatoms. The number of unbranched alkanes of at least 4 members (excludes halogenated alkanes) is 9. The molecule has 1 aliphatic rings. The van der Waals surface area contributed by atoms with E-state index in [1.807, 2.05) is 0 Å². The number of carbonyl (C=O) groups is 3. The van der Waals surface area contributed by atoms with Crippen molar-refractivity contribution in [3.8, 4) is 5.75 Å². The molecule has 294 valence electrons. The number of esters is 3. The van der Waals surface area contributed by atoms with Gasteiger partial charge in [-0.15, -0.1) is 0 Å². The van der Waals surface area contributed by atoms with Crippen molar-refractivity contribution in [3.05, 3.63) is 54.6 Å². The highest BCUT2D eigenvalue weighted by Crippen LogP contribution is 2.45. The van der Waals surface area contributed by atoms with Crippen molar-refractivity contribution in [1.82, 2.24) is 5.09 Å². The van der Waals surface area contributed by atoms with Gasteiger partial charge in [-0.2, -0.15) is 5.09 Å². The average molecular weight is 750 g/mol. The average Bonchev–Trinajstić information content (AvgIpc) is 3.48. The Bertz CT molecular complexity index is 1270. The zero-order chi connectivity index (χ0) is 38.2. The lowest BCUT2D eigenvalue weighted by Crippen LogP contribution is -2.42. The molecule has 1 aromatic rings. The largest absolute Gasteiger partial charge is 0.465 e. The van der Waals surface area contributed by atoms with Gasteiger partial charge < -0.3 is 23.5 Å². The van der Waals surface area contributed by atoms with Gasteiger partial charge >= 0.3 is 25.7 Å². The molecule has 0 radical (unpaired) electrons. The Morgan fingerprint density at radius 2 is 1.40 bits per heavy atom. The van der Waals surface area contributed by atoms with Crippen LogP contribution >= 0.6 is 7.75 Å². The molecule has 1 aromatic carbocycles. The lowest BCUT2D eigenvalue weighted by molar-refractivity contribution is -0.170. The molecular weight excluding hydrogens is 685 g/mol. The third kappa shape index (κ3) is 18.7. The third-order valence-corrected chi connectivity index (χ3v) is 9.99. The number of hydrogen-bond acceptors (Lipinski definition) is 10. The Balaban J connectivity index is 1.82. The van der Waals surface area contributed by atoms with Crippen molar-refractivity contribution >= 4 is 25.7 Å². The van der Waals surface area contributed by atoms with E-state index in [1.165, 1.54) is 45.4 Å². The summed E-state index contributed by atoms with van der Waals surface area (Å²) in [5.74, 6) is -2.17. The van der Waals surface area contributed by atoms with Gasteiger partial charge in [-0.1, -0.05) is 116 Å². The van der Waals surface area contributed by atoms with Gasteiger partial charge in [0.2, 0.25) is 0 Å². The van der Waals surface area contributed by atoms with Crippen LogP contribution in [0.3, 0.4) is 0 Å². The summed E-state index contributed by atoms with van der Waals surface area (Å²) >= 11 is 0. The van der Waals surface area contributed by atoms with Crippen LogP contribution in [0.25, 0.3) is 0 Å². The van der Waals surface area contributed by atoms with E-state index in [0.29, 0.717) is 0 Å². The van der Waals surface area contributed by atoms with E-state index in [0.717, 1.165) is 38.5 Å². The maximum atomic E-state index is 14.1. The summed E-state index contributed by atoms with van der Waals surface area (Å²) in [5, 5.41) is 2.68. The topological polar surface area (TPSA) is 136 Å². The van der Waals surface area contributed by atoms with Crippen LogP contribution in [0.1, 0.15) is 119 Å². The van der Waals surface area contributed by atoms with Crippen LogP contribution in [0.4, 0.5) is 0 Å². The second-order valence-electron chi connectivity index (χ2n) is 13.9. The number of hydrogen-bond donors (Lipinski definition) is 1. The first-order valence-corrected chi connectivity index (χ1v) is 20.8. The molecule has 0 bridgehead atoms. The number of benzene rings is 1. The van der Waals surface area contributed by atoms with Gasteiger partial charge in [-0.05, 0) is 57.6 Å². The minimum Gasteiger partial charge on any atom is -0.465 e. The molecule has 11 nitrogen and oxygen atoms in total. The molecule has 0 saturated carbocycles. The molecule has 1 heterocycles. The summed E-state index contributed by atoms with van der Waals surface area (Å²) in [5.41, 5.74) is 0. The van der Waals surface area contributed by atoms with Crippen molar-refractivity contribution in [1.29, 1.82) is 0 Å². The van der Waals surface area contributed by atoms with Crippen LogP contribution in [0.15, 0.2) is 54.6 Å². The van der Waals surface area contributed by atoms with Crippen LogP contribution in [0.2, 0.25) is 0 Å². The van der Waals surface area contributed by atoms with Crippen LogP contribution < -0.4 is 9.61 Å². The monoisotopic (exact) mass is 749 g/mol. The van der Waals surface area contributed by atoms with E-state index in [-0.39, 0.29) is 25.6 Å². The highest BCUT2D eigenvalue weighted by atomic mass is 31.2. The minimum absolute atomic E-state index is 0.0444. The normalized spacial score (nSPS) is 19.3. The lowest BCUT2D eigenvalue weighted by atomic mass is 10.1. The second kappa shape index (κ2) is 25.9. The first-order valence-electron chi connectivity index (χ1n) is 19.2. The van der Waals surface area contributed by atoms with Gasteiger partial charge in [0.15, 0.2) is 12.2 Å². The zero-order valence-corrected chi connectivity index (χ0v) is 33.2. The molecule has 5 atom stereocenters. The maximum Gasteiger partial charge on any atom is 0.459 e. The summed E-state index contributed by atoms with van der Waals surface area (Å²) in [6.07, 6.45) is 19.6. The van der Waals surface area contributed by atoms with Gasteiger partial charge in [-0.3, -0.25) is 18.9 Å². The zero-order valence-electron chi connectivity index (χ0n) is 32.3. The van der Waals surface area contributed by atoms with Crippen molar-refractivity contribution in [3.63, 3.8) is 0 Å². The highest BCUT2D eigenvalue weighted by Gasteiger charge is 2.45. The summed E-state index contributed by atoms with van der Waals surface area (Å²) in [4.78, 5) is 37.7. The van der Waals surface area contributed by atoms with Gasteiger partial charge in [0.25, 0.3) is 0 Å². The summed E-state index contributed by atoms with van der Waals surface area (Å²) in [7, 11) is -4.21. The number of allylic oxidation sites excluding steroid dienone is 4. The van der Waals surface area contributed by atoms with E-state index < -0.39 is 61.8 Å². The van der Waals surface area contributed by atoms with Crippen LogP contribution in [0.5, 0.6) is 5.75 Å². The standard InChI is InChI=1S/C40H64NO10P/c1-7-8-9-10-11-12-13-14-15-16-17-18-19-20-21-25-28-46-40(44)33(6)41-52(45,51-34-26-23-22-24-27-34)48-30-35-37(50-39(43)32(4)5)36(29-47-35)49-38(42)31(2)3/h11-12,14-15,22-24,26-27,31-33,35-37H,7-10,13,16-21,25,28-30H2,1-6H3,(H,41,45)/b12-11-,15-14-/t33-,35?,36?,37?,52?/m0/s1. The first kappa shape index (κ1) is 45.2. The van der Waals surface area contributed by atoms with Crippen LogP contribution in [-0.2, 0) is 42.4 Å². The lowest BCUT2D eigenvalue weighted by Gasteiger charge is -2.27. The molecule has 1 saturated heterocycles. The molecule has 0 aromatic heterocycles. The minimum atomic E-state index is -4.21. The predicted octanol–water partition coefficient (Wildman–Crippen LogP) is 9.06. The Morgan fingerprint density at radius 1 is 0.808 bits per heavy atom. The second-order valence-corrected chi connectivity index (χ2v) is 15.6. The first-order chi connectivity index (χ1) is 25.0. The molecule has 52 heavy (non-hydrogen) atoms. The van der Waals surface area contributed by atoms with Crippen molar-refractivity contribution in [2.75, 3.05) is 19.8 Å². The Morgan fingerprint density at radius 3 is 2.04 bits per heavy atom. The van der Waals surface area contributed by atoms with E-state index >= 15 is 0 Å². The quantitative estimate of drug-likeness (QED) is 0.0303. The van der Waals surface area contributed by atoms with Crippen LogP contribution in [0, 0.1) is 11.8 Å².